The van der Waals surface area contributed by atoms with E-state index < -0.39 is 0 Å². The van der Waals surface area contributed by atoms with Crippen LogP contribution in [0.1, 0.15) is 36.2 Å². The second-order valence-electron chi connectivity index (χ2n) is 5.32. The molecule has 0 aromatic heterocycles. The standard InChI is InChI=1S/C16H23N3O3/c1-11(2)19-15(21)10-18-14(20)8-9-17-16(22)13-7-5-4-6-12(13)3/h4-7,11H,8-10H2,1-3H3,(H,17,22)(H,18,20)(H,19,21). The van der Waals surface area contributed by atoms with Crippen LogP contribution in [0, 0.1) is 6.92 Å². The van der Waals surface area contributed by atoms with E-state index in [1.165, 1.54) is 0 Å². The molecule has 0 spiro atoms. The van der Waals surface area contributed by atoms with Crippen LogP contribution >= 0.6 is 0 Å². The Morgan fingerprint density at radius 3 is 2.36 bits per heavy atom. The highest BCUT2D eigenvalue weighted by Crippen LogP contribution is 2.06. The van der Waals surface area contributed by atoms with E-state index in [0.717, 1.165) is 5.56 Å². The first kappa shape index (κ1) is 17.7. The monoisotopic (exact) mass is 305 g/mol. The third kappa shape index (κ3) is 6.39. The van der Waals surface area contributed by atoms with Gasteiger partial charge < -0.3 is 16.0 Å². The van der Waals surface area contributed by atoms with Crippen molar-refractivity contribution in [3.63, 3.8) is 0 Å². The van der Waals surface area contributed by atoms with E-state index in [2.05, 4.69) is 16.0 Å². The average Bonchev–Trinajstić information content (AvgIpc) is 2.44. The summed E-state index contributed by atoms with van der Waals surface area (Å²) in [6, 6.07) is 7.29. The molecule has 0 atom stereocenters. The summed E-state index contributed by atoms with van der Waals surface area (Å²) in [7, 11) is 0. The van der Waals surface area contributed by atoms with Gasteiger partial charge in [-0.3, -0.25) is 14.4 Å². The molecule has 0 aliphatic heterocycles. The van der Waals surface area contributed by atoms with Crippen molar-refractivity contribution >= 4 is 17.7 Å². The molecule has 3 amide bonds. The predicted octanol–water partition coefficient (Wildman–Crippen LogP) is 0.756. The van der Waals surface area contributed by atoms with Crippen LogP contribution in [0.25, 0.3) is 0 Å². The molecule has 1 aromatic rings. The van der Waals surface area contributed by atoms with Crippen LogP contribution in [0.2, 0.25) is 0 Å². The van der Waals surface area contributed by atoms with Gasteiger partial charge in [-0.05, 0) is 32.4 Å². The quantitative estimate of drug-likeness (QED) is 0.695. The van der Waals surface area contributed by atoms with Crippen molar-refractivity contribution in [2.45, 2.75) is 33.2 Å². The third-order valence-corrected chi connectivity index (χ3v) is 2.92. The second-order valence-corrected chi connectivity index (χ2v) is 5.32. The minimum atomic E-state index is -0.274. The maximum Gasteiger partial charge on any atom is 0.251 e. The van der Waals surface area contributed by atoms with E-state index in [1.807, 2.05) is 32.9 Å². The molecular weight excluding hydrogens is 282 g/mol. The molecule has 120 valence electrons. The predicted molar refractivity (Wildman–Crippen MR) is 84.4 cm³/mol. The highest BCUT2D eigenvalue weighted by molar-refractivity contribution is 5.95. The molecule has 0 saturated heterocycles. The van der Waals surface area contributed by atoms with Gasteiger partial charge in [0.1, 0.15) is 0 Å². The number of aryl methyl sites for hydroxylation is 1. The maximum atomic E-state index is 11.9. The van der Waals surface area contributed by atoms with Gasteiger partial charge in [-0.25, -0.2) is 0 Å². The van der Waals surface area contributed by atoms with Crippen molar-refractivity contribution in [2.75, 3.05) is 13.1 Å². The molecule has 3 N–H and O–H groups in total. The van der Waals surface area contributed by atoms with Crippen LogP contribution < -0.4 is 16.0 Å². The largest absolute Gasteiger partial charge is 0.352 e. The first-order valence-electron chi connectivity index (χ1n) is 7.30. The molecule has 0 aliphatic carbocycles. The van der Waals surface area contributed by atoms with E-state index >= 15 is 0 Å². The summed E-state index contributed by atoms with van der Waals surface area (Å²) in [5.41, 5.74) is 1.48. The summed E-state index contributed by atoms with van der Waals surface area (Å²) in [6.45, 7) is 5.73. The Morgan fingerprint density at radius 1 is 1.05 bits per heavy atom. The van der Waals surface area contributed by atoms with Crippen LogP contribution in [0.3, 0.4) is 0 Å². The van der Waals surface area contributed by atoms with Gasteiger partial charge in [-0.1, -0.05) is 18.2 Å². The smallest absolute Gasteiger partial charge is 0.251 e. The first-order chi connectivity index (χ1) is 10.4. The molecule has 0 heterocycles. The van der Waals surface area contributed by atoms with Gasteiger partial charge in [0.05, 0.1) is 6.54 Å². The highest BCUT2D eigenvalue weighted by atomic mass is 16.2. The van der Waals surface area contributed by atoms with Crippen molar-refractivity contribution < 1.29 is 14.4 Å². The lowest BCUT2D eigenvalue weighted by atomic mass is 10.1. The summed E-state index contributed by atoms with van der Waals surface area (Å²) >= 11 is 0. The minimum Gasteiger partial charge on any atom is -0.352 e. The van der Waals surface area contributed by atoms with Crippen molar-refractivity contribution in [3.8, 4) is 0 Å². The normalized spacial score (nSPS) is 10.2. The molecule has 0 unspecified atom stereocenters. The topological polar surface area (TPSA) is 87.3 Å². The molecule has 1 aromatic carbocycles. The number of carbonyl (C=O) groups is 3. The molecule has 0 bridgehead atoms. The molecule has 0 radical (unpaired) electrons. The number of amides is 3. The average molecular weight is 305 g/mol. The SMILES string of the molecule is Cc1ccccc1C(=O)NCCC(=O)NCC(=O)NC(C)C. The second kappa shape index (κ2) is 8.81. The van der Waals surface area contributed by atoms with Gasteiger partial charge in [0.25, 0.3) is 5.91 Å². The minimum absolute atomic E-state index is 0.0396. The zero-order chi connectivity index (χ0) is 16.5. The molecule has 0 saturated carbocycles. The Labute approximate surface area is 130 Å². The zero-order valence-electron chi connectivity index (χ0n) is 13.2. The Bertz CT molecular complexity index is 541. The van der Waals surface area contributed by atoms with Gasteiger partial charge in [0, 0.05) is 24.6 Å². The van der Waals surface area contributed by atoms with Crippen LogP contribution in [0.15, 0.2) is 24.3 Å². The number of carbonyl (C=O) groups excluding carboxylic acids is 3. The summed E-state index contributed by atoms with van der Waals surface area (Å²) < 4.78 is 0. The fraction of sp³-hybridized carbons (Fsp3) is 0.438. The fourth-order valence-electron chi connectivity index (χ4n) is 1.85. The van der Waals surface area contributed by atoms with Gasteiger partial charge in [-0.2, -0.15) is 0 Å². The Balaban J connectivity index is 2.26. The number of nitrogens with one attached hydrogen (secondary N) is 3. The summed E-state index contributed by atoms with van der Waals surface area (Å²) in [5.74, 6) is -0.709. The molecule has 0 fully saturated rings. The van der Waals surface area contributed by atoms with E-state index in [0.29, 0.717) is 5.56 Å². The molecule has 6 nitrogen and oxygen atoms in total. The van der Waals surface area contributed by atoms with E-state index in [-0.39, 0.29) is 43.3 Å². The van der Waals surface area contributed by atoms with Crippen molar-refractivity contribution in [2.24, 2.45) is 0 Å². The molecule has 22 heavy (non-hydrogen) atoms. The van der Waals surface area contributed by atoms with Crippen LogP contribution in [0.4, 0.5) is 0 Å². The van der Waals surface area contributed by atoms with Crippen LogP contribution in [-0.2, 0) is 9.59 Å². The third-order valence-electron chi connectivity index (χ3n) is 2.92. The van der Waals surface area contributed by atoms with Crippen LogP contribution in [0.5, 0.6) is 0 Å². The van der Waals surface area contributed by atoms with Gasteiger partial charge in [0.2, 0.25) is 11.8 Å². The Hall–Kier alpha value is -2.37. The lowest BCUT2D eigenvalue weighted by Gasteiger charge is -2.10. The summed E-state index contributed by atoms with van der Waals surface area (Å²) in [5, 5.41) is 7.88. The van der Waals surface area contributed by atoms with E-state index in [1.54, 1.807) is 12.1 Å². The molecule has 0 aliphatic rings. The first-order valence-corrected chi connectivity index (χ1v) is 7.30. The lowest BCUT2D eigenvalue weighted by molar-refractivity contribution is -0.126. The number of hydrogen-bond donors (Lipinski definition) is 3. The molecular formula is C16H23N3O3. The fourth-order valence-corrected chi connectivity index (χ4v) is 1.85. The molecule has 6 heteroatoms. The number of benzene rings is 1. The van der Waals surface area contributed by atoms with Gasteiger partial charge >= 0.3 is 0 Å². The zero-order valence-corrected chi connectivity index (χ0v) is 13.2. The van der Waals surface area contributed by atoms with Gasteiger partial charge in [-0.15, -0.1) is 0 Å². The summed E-state index contributed by atoms with van der Waals surface area (Å²) in [4.78, 5) is 34.9. The van der Waals surface area contributed by atoms with Crippen molar-refractivity contribution in [3.05, 3.63) is 35.4 Å². The van der Waals surface area contributed by atoms with Crippen LogP contribution in [-0.4, -0.2) is 36.9 Å². The maximum absolute atomic E-state index is 11.9. The highest BCUT2D eigenvalue weighted by Gasteiger charge is 2.09. The molecule has 1 rings (SSSR count). The van der Waals surface area contributed by atoms with E-state index in [4.69, 9.17) is 0 Å². The number of hydrogen-bond acceptors (Lipinski definition) is 3. The Kier molecular flexibility index (Phi) is 7.08. The summed E-state index contributed by atoms with van der Waals surface area (Å²) in [6.07, 6.45) is 0.132. The Morgan fingerprint density at radius 2 is 1.73 bits per heavy atom. The van der Waals surface area contributed by atoms with Gasteiger partial charge in [0.15, 0.2) is 0 Å². The lowest BCUT2D eigenvalue weighted by Crippen LogP contribution is -2.40. The van der Waals surface area contributed by atoms with E-state index in [9.17, 15) is 14.4 Å². The number of rotatable bonds is 7. The van der Waals surface area contributed by atoms with Crippen molar-refractivity contribution in [1.29, 1.82) is 0 Å². The van der Waals surface area contributed by atoms with Crippen molar-refractivity contribution in [1.82, 2.24) is 16.0 Å².